The molecule has 0 aliphatic heterocycles. The van der Waals surface area contributed by atoms with Crippen molar-refractivity contribution >= 4 is 35.3 Å². The highest BCUT2D eigenvalue weighted by molar-refractivity contribution is 6.36. The molecule has 26 heavy (non-hydrogen) atoms. The van der Waals surface area contributed by atoms with Crippen molar-refractivity contribution in [1.82, 2.24) is 5.43 Å². The molecule has 0 aliphatic rings. The Morgan fingerprint density at radius 3 is 2.12 bits per heavy atom. The summed E-state index contributed by atoms with van der Waals surface area (Å²) in [6, 6.07) is 5.16. The lowest BCUT2D eigenvalue weighted by Crippen LogP contribution is -2.16. The summed E-state index contributed by atoms with van der Waals surface area (Å²) in [6.07, 6.45) is 16.1. The third kappa shape index (κ3) is 11.5. The van der Waals surface area contributed by atoms with Crippen molar-refractivity contribution in [3.63, 3.8) is 0 Å². The molecule has 1 amide bonds. The Hall–Kier alpha value is -1.06. The average molecular weight is 399 g/mol. The largest absolute Gasteiger partial charge is 0.273 e. The summed E-state index contributed by atoms with van der Waals surface area (Å²) < 4.78 is 0. The zero-order valence-corrected chi connectivity index (χ0v) is 17.4. The van der Waals surface area contributed by atoms with E-state index in [0.717, 1.165) is 18.4 Å². The van der Waals surface area contributed by atoms with Crippen LogP contribution in [0.2, 0.25) is 10.0 Å². The van der Waals surface area contributed by atoms with Gasteiger partial charge in [-0.2, -0.15) is 5.10 Å². The maximum atomic E-state index is 11.8. The second-order valence-corrected chi connectivity index (χ2v) is 7.59. The molecule has 0 radical (unpaired) electrons. The number of nitrogens with zero attached hydrogens (tertiary/aromatic N) is 1. The third-order valence-electron chi connectivity index (χ3n) is 4.36. The Labute approximate surface area is 168 Å². The number of unbranched alkanes of at least 4 members (excludes halogenated alkanes) is 10. The van der Waals surface area contributed by atoms with E-state index in [1.54, 1.807) is 18.2 Å². The van der Waals surface area contributed by atoms with Gasteiger partial charge in [0.25, 0.3) is 0 Å². The molecule has 1 aromatic carbocycles. The van der Waals surface area contributed by atoms with Crippen molar-refractivity contribution in [3.8, 4) is 0 Å². The van der Waals surface area contributed by atoms with Gasteiger partial charge >= 0.3 is 0 Å². The van der Waals surface area contributed by atoms with E-state index in [2.05, 4.69) is 17.5 Å². The molecule has 146 valence electrons. The lowest BCUT2D eigenvalue weighted by atomic mass is 10.1. The summed E-state index contributed by atoms with van der Waals surface area (Å²) in [5.74, 6) is -0.0535. The SMILES string of the molecule is CCCCCCCCCCCCCC(=O)NN=Cc1ccc(Cl)cc1Cl. The monoisotopic (exact) mass is 398 g/mol. The fourth-order valence-electron chi connectivity index (χ4n) is 2.79. The summed E-state index contributed by atoms with van der Waals surface area (Å²) in [4.78, 5) is 11.8. The maximum Gasteiger partial charge on any atom is 0.240 e. The predicted octanol–water partition coefficient (Wildman–Crippen LogP) is 7.14. The van der Waals surface area contributed by atoms with Gasteiger partial charge in [0, 0.05) is 17.0 Å². The summed E-state index contributed by atoms with van der Waals surface area (Å²) in [5.41, 5.74) is 3.28. The number of nitrogens with one attached hydrogen (secondary N) is 1. The Kier molecular flexibility index (Phi) is 13.3. The van der Waals surface area contributed by atoms with E-state index in [1.165, 1.54) is 64.0 Å². The Balaban J connectivity index is 1.99. The number of halogens is 2. The molecule has 0 bridgehead atoms. The number of hydrazone groups is 1. The number of rotatable bonds is 14. The van der Waals surface area contributed by atoms with Crippen LogP contribution in [0.5, 0.6) is 0 Å². The van der Waals surface area contributed by atoms with E-state index in [0.29, 0.717) is 16.5 Å². The van der Waals surface area contributed by atoms with Gasteiger partial charge in [0.2, 0.25) is 5.91 Å². The molecule has 1 N–H and O–H groups in total. The van der Waals surface area contributed by atoms with E-state index in [9.17, 15) is 4.79 Å². The van der Waals surface area contributed by atoms with E-state index in [4.69, 9.17) is 23.2 Å². The summed E-state index contributed by atoms with van der Waals surface area (Å²) >= 11 is 11.9. The molecule has 0 fully saturated rings. The number of hydrogen-bond donors (Lipinski definition) is 1. The fourth-order valence-corrected chi connectivity index (χ4v) is 3.24. The molecule has 1 aromatic rings. The Morgan fingerprint density at radius 2 is 1.54 bits per heavy atom. The van der Waals surface area contributed by atoms with Crippen molar-refractivity contribution < 1.29 is 4.79 Å². The van der Waals surface area contributed by atoms with Crippen LogP contribution >= 0.6 is 23.2 Å². The molecule has 0 saturated carbocycles. The molecule has 0 unspecified atom stereocenters. The minimum absolute atomic E-state index is 0.0535. The van der Waals surface area contributed by atoms with Crippen molar-refractivity contribution in [2.24, 2.45) is 5.10 Å². The van der Waals surface area contributed by atoms with E-state index in [-0.39, 0.29) is 5.91 Å². The highest BCUT2D eigenvalue weighted by Gasteiger charge is 2.01. The minimum Gasteiger partial charge on any atom is -0.273 e. The van der Waals surface area contributed by atoms with Crippen LogP contribution in [0.1, 0.15) is 89.5 Å². The molecule has 0 spiro atoms. The second kappa shape index (κ2) is 15.0. The standard InChI is InChI=1S/C21H32Cl2N2O/c1-2-3-4-5-6-7-8-9-10-11-12-13-21(26)25-24-17-18-14-15-19(22)16-20(18)23/h14-17H,2-13H2,1H3,(H,25,26). The quantitative estimate of drug-likeness (QED) is 0.202. The third-order valence-corrected chi connectivity index (χ3v) is 4.93. The number of hydrogen-bond acceptors (Lipinski definition) is 2. The Morgan fingerprint density at radius 1 is 0.962 bits per heavy atom. The second-order valence-electron chi connectivity index (χ2n) is 6.74. The number of amides is 1. The highest BCUT2D eigenvalue weighted by atomic mass is 35.5. The van der Waals surface area contributed by atoms with E-state index in [1.807, 2.05) is 0 Å². The first-order valence-corrected chi connectivity index (χ1v) is 10.7. The molecular formula is C21H32Cl2N2O. The fraction of sp³-hybridized carbons (Fsp3) is 0.619. The summed E-state index contributed by atoms with van der Waals surface area (Å²) in [6.45, 7) is 2.25. The summed E-state index contributed by atoms with van der Waals surface area (Å²) in [5, 5.41) is 5.04. The lowest BCUT2D eigenvalue weighted by Gasteiger charge is -2.03. The van der Waals surface area contributed by atoms with Crippen LogP contribution < -0.4 is 5.43 Å². The van der Waals surface area contributed by atoms with Crippen molar-refractivity contribution in [3.05, 3.63) is 33.8 Å². The molecule has 0 heterocycles. The first-order chi connectivity index (χ1) is 12.6. The van der Waals surface area contributed by atoms with Crippen LogP contribution in [-0.4, -0.2) is 12.1 Å². The first kappa shape index (κ1) is 23.0. The van der Waals surface area contributed by atoms with Gasteiger partial charge in [-0.3, -0.25) is 4.79 Å². The van der Waals surface area contributed by atoms with Gasteiger partial charge in [0.15, 0.2) is 0 Å². The number of benzene rings is 1. The highest BCUT2D eigenvalue weighted by Crippen LogP contribution is 2.19. The minimum atomic E-state index is -0.0535. The van der Waals surface area contributed by atoms with Gasteiger partial charge in [-0.05, 0) is 18.6 Å². The van der Waals surface area contributed by atoms with Crippen LogP contribution in [0.15, 0.2) is 23.3 Å². The molecule has 0 aromatic heterocycles. The molecule has 0 atom stereocenters. The summed E-state index contributed by atoms with van der Waals surface area (Å²) in [7, 11) is 0. The van der Waals surface area contributed by atoms with Gasteiger partial charge in [-0.1, -0.05) is 100 Å². The zero-order chi connectivity index (χ0) is 19.0. The van der Waals surface area contributed by atoms with E-state index >= 15 is 0 Å². The average Bonchev–Trinajstić information content (AvgIpc) is 2.61. The maximum absolute atomic E-state index is 11.8. The van der Waals surface area contributed by atoms with Crippen LogP contribution in [0.25, 0.3) is 0 Å². The van der Waals surface area contributed by atoms with Crippen molar-refractivity contribution in [2.75, 3.05) is 0 Å². The van der Waals surface area contributed by atoms with Crippen LogP contribution in [-0.2, 0) is 4.79 Å². The van der Waals surface area contributed by atoms with Crippen molar-refractivity contribution in [1.29, 1.82) is 0 Å². The topological polar surface area (TPSA) is 41.5 Å². The smallest absolute Gasteiger partial charge is 0.240 e. The van der Waals surface area contributed by atoms with Gasteiger partial charge in [0.1, 0.15) is 0 Å². The van der Waals surface area contributed by atoms with Gasteiger partial charge in [0.05, 0.1) is 11.2 Å². The molecule has 3 nitrogen and oxygen atoms in total. The molecule has 5 heteroatoms. The zero-order valence-electron chi connectivity index (χ0n) is 15.9. The van der Waals surface area contributed by atoms with Crippen LogP contribution in [0.3, 0.4) is 0 Å². The van der Waals surface area contributed by atoms with Gasteiger partial charge in [-0.15, -0.1) is 0 Å². The van der Waals surface area contributed by atoms with E-state index < -0.39 is 0 Å². The number of carbonyl (C=O) groups excluding carboxylic acids is 1. The molecular weight excluding hydrogens is 367 g/mol. The Bertz CT molecular complexity index is 547. The van der Waals surface area contributed by atoms with Crippen LogP contribution in [0, 0.1) is 0 Å². The molecule has 1 rings (SSSR count). The lowest BCUT2D eigenvalue weighted by molar-refractivity contribution is -0.121. The first-order valence-electron chi connectivity index (χ1n) is 9.90. The van der Waals surface area contributed by atoms with Crippen LogP contribution in [0.4, 0.5) is 0 Å². The van der Waals surface area contributed by atoms with Gasteiger partial charge < -0.3 is 0 Å². The van der Waals surface area contributed by atoms with Crippen molar-refractivity contribution in [2.45, 2.75) is 84.0 Å². The van der Waals surface area contributed by atoms with Gasteiger partial charge in [-0.25, -0.2) is 5.43 Å². The number of carbonyl (C=O) groups is 1. The normalized spacial score (nSPS) is 11.2. The predicted molar refractivity (Wildman–Crippen MR) is 113 cm³/mol. The molecule has 0 aliphatic carbocycles. The molecule has 0 saturated heterocycles.